The van der Waals surface area contributed by atoms with Gasteiger partial charge in [-0.15, -0.1) is 0 Å². The molecule has 2 unspecified atom stereocenters. The van der Waals surface area contributed by atoms with Crippen molar-refractivity contribution in [3.63, 3.8) is 0 Å². The summed E-state index contributed by atoms with van der Waals surface area (Å²) in [6.45, 7) is 3.41. The Morgan fingerprint density at radius 2 is 2.21 bits per heavy atom. The van der Waals surface area contributed by atoms with Crippen LogP contribution in [0.3, 0.4) is 0 Å². The van der Waals surface area contributed by atoms with Crippen LogP contribution >= 0.6 is 11.8 Å². The summed E-state index contributed by atoms with van der Waals surface area (Å²) in [4.78, 5) is 42.6. The van der Waals surface area contributed by atoms with Crippen LogP contribution in [0, 0.1) is 0 Å². The van der Waals surface area contributed by atoms with E-state index in [1.54, 1.807) is 25.1 Å². The number of hydrogen-bond acceptors (Lipinski definition) is 5. The number of amides is 1. The van der Waals surface area contributed by atoms with Gasteiger partial charge in [0.05, 0.1) is 17.0 Å². The lowest BCUT2D eigenvalue weighted by molar-refractivity contribution is 0.0442. The van der Waals surface area contributed by atoms with Crippen molar-refractivity contribution in [3.8, 4) is 0 Å². The van der Waals surface area contributed by atoms with E-state index >= 15 is 0 Å². The standard InChI is InChI=1S/C20H25N3O4S/c1-2-22-19(25)16-6-5-13(10-17(16)21-20(22)26)18(24)23(14-7-9-28-12-14)11-15-4-3-8-27-15/h5-6,10,14-15H,2-4,7-9,11-12H2,1H3,(H,21,26). The van der Waals surface area contributed by atoms with E-state index in [-0.39, 0.29) is 23.6 Å². The highest BCUT2D eigenvalue weighted by molar-refractivity contribution is 7.99. The molecule has 1 amide bonds. The first-order valence-electron chi connectivity index (χ1n) is 9.85. The fraction of sp³-hybridized carbons (Fsp3) is 0.550. The van der Waals surface area contributed by atoms with Crippen LogP contribution < -0.4 is 11.2 Å². The normalized spacial score (nSPS) is 22.0. The van der Waals surface area contributed by atoms with Gasteiger partial charge in [-0.2, -0.15) is 11.8 Å². The molecule has 0 saturated carbocycles. The number of hydrogen-bond donors (Lipinski definition) is 1. The van der Waals surface area contributed by atoms with E-state index in [1.807, 2.05) is 16.7 Å². The zero-order valence-electron chi connectivity index (χ0n) is 16.0. The van der Waals surface area contributed by atoms with Crippen molar-refractivity contribution in [1.82, 2.24) is 14.5 Å². The predicted molar refractivity (Wildman–Crippen MR) is 110 cm³/mol. The second-order valence-electron chi connectivity index (χ2n) is 7.35. The SMILES string of the molecule is CCn1c(=O)[nH]c2cc(C(=O)N(CC3CCCO3)C3CCSC3)ccc2c1=O. The highest BCUT2D eigenvalue weighted by Gasteiger charge is 2.31. The van der Waals surface area contributed by atoms with E-state index in [4.69, 9.17) is 4.74 Å². The van der Waals surface area contributed by atoms with Crippen molar-refractivity contribution >= 4 is 28.6 Å². The molecule has 1 aromatic carbocycles. The molecular formula is C20H25N3O4S. The summed E-state index contributed by atoms with van der Waals surface area (Å²) in [6.07, 6.45) is 3.08. The van der Waals surface area contributed by atoms with Crippen LogP contribution in [0.25, 0.3) is 10.9 Å². The van der Waals surface area contributed by atoms with Gasteiger partial charge in [0.1, 0.15) is 0 Å². The molecule has 8 heteroatoms. The number of ether oxygens (including phenoxy) is 1. The minimum absolute atomic E-state index is 0.0644. The molecule has 2 saturated heterocycles. The molecular weight excluding hydrogens is 378 g/mol. The van der Waals surface area contributed by atoms with Crippen molar-refractivity contribution in [2.24, 2.45) is 0 Å². The minimum Gasteiger partial charge on any atom is -0.376 e. The monoisotopic (exact) mass is 403 g/mol. The Morgan fingerprint density at radius 3 is 2.89 bits per heavy atom. The number of rotatable bonds is 5. The number of aromatic nitrogens is 2. The maximum Gasteiger partial charge on any atom is 0.328 e. The van der Waals surface area contributed by atoms with Gasteiger partial charge in [0.15, 0.2) is 0 Å². The van der Waals surface area contributed by atoms with Gasteiger partial charge >= 0.3 is 5.69 Å². The van der Waals surface area contributed by atoms with Gasteiger partial charge in [-0.1, -0.05) is 0 Å². The molecule has 28 heavy (non-hydrogen) atoms. The lowest BCUT2D eigenvalue weighted by Crippen LogP contribution is -2.44. The van der Waals surface area contributed by atoms with Crippen molar-refractivity contribution < 1.29 is 9.53 Å². The van der Waals surface area contributed by atoms with E-state index < -0.39 is 5.69 Å². The first kappa shape index (κ1) is 19.3. The molecule has 2 fully saturated rings. The average molecular weight is 404 g/mol. The lowest BCUT2D eigenvalue weighted by Gasteiger charge is -2.31. The third-order valence-corrected chi connectivity index (χ3v) is 6.72. The number of fused-ring (bicyclic) bond motifs is 1. The smallest absolute Gasteiger partial charge is 0.328 e. The number of benzene rings is 1. The number of thioether (sulfide) groups is 1. The molecule has 0 radical (unpaired) electrons. The van der Waals surface area contributed by atoms with Gasteiger partial charge in [-0.05, 0) is 50.1 Å². The summed E-state index contributed by atoms with van der Waals surface area (Å²) in [7, 11) is 0. The molecule has 7 nitrogen and oxygen atoms in total. The Labute approximate surface area is 167 Å². The van der Waals surface area contributed by atoms with Crippen LogP contribution in [0.2, 0.25) is 0 Å². The van der Waals surface area contributed by atoms with Gasteiger partial charge < -0.3 is 14.6 Å². The Hall–Kier alpha value is -2.06. The molecule has 2 aromatic rings. The molecule has 1 N–H and O–H groups in total. The molecule has 2 aliphatic heterocycles. The topological polar surface area (TPSA) is 84.4 Å². The molecule has 1 aromatic heterocycles. The zero-order chi connectivity index (χ0) is 19.7. The summed E-state index contributed by atoms with van der Waals surface area (Å²) >= 11 is 1.87. The summed E-state index contributed by atoms with van der Waals surface area (Å²) in [6, 6.07) is 5.16. The second kappa shape index (κ2) is 8.13. The van der Waals surface area contributed by atoms with Crippen LogP contribution in [0.5, 0.6) is 0 Å². The number of nitrogens with one attached hydrogen (secondary N) is 1. The number of nitrogens with zero attached hydrogens (tertiary/aromatic N) is 2. The highest BCUT2D eigenvalue weighted by atomic mass is 32.2. The van der Waals surface area contributed by atoms with Crippen LogP contribution in [-0.2, 0) is 11.3 Å². The molecule has 150 valence electrons. The van der Waals surface area contributed by atoms with Crippen LogP contribution in [-0.4, -0.2) is 57.2 Å². The number of carbonyl (C=O) groups excluding carboxylic acids is 1. The van der Waals surface area contributed by atoms with Crippen molar-refractivity contribution in [2.75, 3.05) is 24.7 Å². The summed E-state index contributed by atoms with van der Waals surface area (Å²) in [5, 5.41) is 0.417. The Bertz CT molecular complexity index is 987. The van der Waals surface area contributed by atoms with Gasteiger partial charge in [0, 0.05) is 37.1 Å². The fourth-order valence-corrected chi connectivity index (χ4v) is 5.24. The van der Waals surface area contributed by atoms with Gasteiger partial charge in [0.2, 0.25) is 0 Å². The second-order valence-corrected chi connectivity index (χ2v) is 8.50. The number of aromatic amines is 1. The van der Waals surface area contributed by atoms with Gasteiger partial charge in [-0.3, -0.25) is 14.2 Å². The van der Waals surface area contributed by atoms with E-state index in [1.165, 1.54) is 0 Å². The van der Waals surface area contributed by atoms with Crippen molar-refractivity contribution in [3.05, 3.63) is 44.6 Å². The van der Waals surface area contributed by atoms with Crippen molar-refractivity contribution in [1.29, 1.82) is 0 Å². The molecule has 0 aliphatic carbocycles. The maximum absolute atomic E-state index is 13.3. The average Bonchev–Trinajstić information content (AvgIpc) is 3.39. The zero-order valence-corrected chi connectivity index (χ0v) is 16.8. The van der Waals surface area contributed by atoms with E-state index in [9.17, 15) is 14.4 Å². The Kier molecular flexibility index (Phi) is 5.59. The largest absolute Gasteiger partial charge is 0.376 e. The number of carbonyl (C=O) groups is 1. The maximum atomic E-state index is 13.3. The Balaban J connectivity index is 1.68. The Morgan fingerprint density at radius 1 is 1.36 bits per heavy atom. The van der Waals surface area contributed by atoms with Crippen LogP contribution in [0.4, 0.5) is 0 Å². The van der Waals surface area contributed by atoms with Gasteiger partial charge in [-0.25, -0.2) is 4.79 Å². The first-order chi connectivity index (χ1) is 13.6. The molecule has 0 bridgehead atoms. The predicted octanol–water partition coefficient (Wildman–Crippen LogP) is 1.84. The van der Waals surface area contributed by atoms with Crippen molar-refractivity contribution in [2.45, 2.75) is 44.9 Å². The fourth-order valence-electron chi connectivity index (χ4n) is 4.01. The van der Waals surface area contributed by atoms with E-state index in [2.05, 4.69) is 4.98 Å². The summed E-state index contributed by atoms with van der Waals surface area (Å²) < 4.78 is 6.92. The molecule has 3 heterocycles. The molecule has 2 atom stereocenters. The summed E-state index contributed by atoms with van der Waals surface area (Å²) in [5.74, 6) is 1.93. The van der Waals surface area contributed by atoms with Crippen LogP contribution in [0.15, 0.2) is 27.8 Å². The van der Waals surface area contributed by atoms with E-state index in [0.29, 0.717) is 29.6 Å². The highest BCUT2D eigenvalue weighted by Crippen LogP contribution is 2.26. The molecule has 0 spiro atoms. The number of H-pyrrole nitrogens is 1. The first-order valence-corrected chi connectivity index (χ1v) is 11.0. The minimum atomic E-state index is -0.451. The lowest BCUT2D eigenvalue weighted by atomic mass is 10.1. The third kappa shape index (κ3) is 3.63. The third-order valence-electron chi connectivity index (χ3n) is 5.58. The molecule has 4 rings (SSSR count). The van der Waals surface area contributed by atoms with E-state index in [0.717, 1.165) is 41.9 Å². The summed E-state index contributed by atoms with van der Waals surface area (Å²) in [5.41, 5.74) is 0.117. The molecule has 2 aliphatic rings. The van der Waals surface area contributed by atoms with Crippen LogP contribution in [0.1, 0.15) is 36.5 Å². The quantitative estimate of drug-likeness (QED) is 0.824. The van der Waals surface area contributed by atoms with Gasteiger partial charge in [0.25, 0.3) is 11.5 Å².